The first-order valence-corrected chi connectivity index (χ1v) is 2.81. The van der Waals surface area contributed by atoms with E-state index in [-0.39, 0.29) is 0 Å². The van der Waals surface area contributed by atoms with E-state index in [0.717, 1.165) is 11.5 Å². The van der Waals surface area contributed by atoms with E-state index in [0.29, 0.717) is 5.92 Å². The van der Waals surface area contributed by atoms with Gasteiger partial charge in [-0.05, 0) is 5.57 Å². The number of halogens is 1. The van der Waals surface area contributed by atoms with Crippen LogP contribution in [0.1, 0.15) is 6.42 Å². The summed E-state index contributed by atoms with van der Waals surface area (Å²) < 4.78 is 0. The third-order valence-corrected chi connectivity index (χ3v) is 1.73. The molecule has 2 rings (SSSR count). The van der Waals surface area contributed by atoms with Crippen LogP contribution in [0.3, 0.4) is 0 Å². The van der Waals surface area contributed by atoms with Crippen molar-refractivity contribution < 1.29 is 0 Å². The molecule has 7 heavy (non-hydrogen) atoms. The molecule has 0 atom stereocenters. The third-order valence-electron chi connectivity index (χ3n) is 1.36. The van der Waals surface area contributed by atoms with Crippen molar-refractivity contribution in [1.82, 2.24) is 0 Å². The Balaban J connectivity index is 2.11. The molecule has 0 aromatic heterocycles. The van der Waals surface area contributed by atoms with Crippen LogP contribution in [0, 0.1) is 5.92 Å². The van der Waals surface area contributed by atoms with E-state index in [1.807, 2.05) is 0 Å². The summed E-state index contributed by atoms with van der Waals surface area (Å²) in [5.41, 5.74) is 1.45. The molecule has 0 saturated heterocycles. The van der Waals surface area contributed by atoms with Gasteiger partial charge >= 0.3 is 0 Å². The van der Waals surface area contributed by atoms with Crippen molar-refractivity contribution >= 4 is 11.6 Å². The Labute approximate surface area is 47.5 Å². The predicted octanol–water partition coefficient (Wildman–Crippen LogP) is 2.07. The molecule has 0 unspecified atom stereocenters. The van der Waals surface area contributed by atoms with E-state index in [9.17, 15) is 0 Å². The van der Waals surface area contributed by atoms with E-state index in [1.54, 1.807) is 0 Å². The summed E-state index contributed by atoms with van der Waals surface area (Å²) in [4.78, 5) is 0. The van der Waals surface area contributed by atoms with Gasteiger partial charge in [0.05, 0.1) is 0 Å². The second-order valence-electron chi connectivity index (χ2n) is 2.02. The highest BCUT2D eigenvalue weighted by atomic mass is 35.5. The lowest BCUT2D eigenvalue weighted by Crippen LogP contribution is -1.63. The summed E-state index contributed by atoms with van der Waals surface area (Å²) in [6.45, 7) is 0. The van der Waals surface area contributed by atoms with Gasteiger partial charge in [0.25, 0.3) is 0 Å². The Morgan fingerprint density at radius 2 is 2.14 bits per heavy atom. The maximum absolute atomic E-state index is 5.63. The van der Waals surface area contributed by atoms with Crippen LogP contribution in [-0.2, 0) is 0 Å². The zero-order valence-electron chi connectivity index (χ0n) is 3.82. The van der Waals surface area contributed by atoms with Crippen LogP contribution in [0.15, 0.2) is 22.8 Å². The average molecular weight is 113 g/mol. The van der Waals surface area contributed by atoms with E-state index < -0.39 is 0 Å². The lowest BCUT2D eigenvalue weighted by molar-refractivity contribution is 1.16. The van der Waals surface area contributed by atoms with Gasteiger partial charge < -0.3 is 0 Å². The molecule has 0 nitrogen and oxygen atoms in total. The molecule has 0 heterocycles. The van der Waals surface area contributed by atoms with Gasteiger partial charge in [0.2, 0.25) is 0 Å². The number of hydrogen-bond donors (Lipinski definition) is 0. The fourth-order valence-electron chi connectivity index (χ4n) is 0.710. The number of allylic oxidation sites excluding steroid dienone is 4. The quantitative estimate of drug-likeness (QED) is 0.456. The molecule has 0 fully saturated rings. The Kier molecular flexibility index (Phi) is 0.505. The van der Waals surface area contributed by atoms with E-state index in [2.05, 4.69) is 12.2 Å². The fourth-order valence-corrected chi connectivity index (χ4v) is 0.980. The van der Waals surface area contributed by atoms with Crippen molar-refractivity contribution in [2.24, 2.45) is 5.92 Å². The van der Waals surface area contributed by atoms with Gasteiger partial charge in [-0.2, -0.15) is 0 Å². The van der Waals surface area contributed by atoms with Gasteiger partial charge in [0.1, 0.15) is 0 Å². The molecule has 36 valence electrons. The minimum absolute atomic E-state index is 0.687. The molecule has 0 N–H and O–H groups in total. The van der Waals surface area contributed by atoms with Crippen molar-refractivity contribution in [3.63, 3.8) is 0 Å². The molecule has 0 bridgehead atoms. The molecule has 0 saturated carbocycles. The first-order valence-electron chi connectivity index (χ1n) is 2.43. The number of hydrogen-bond acceptors (Lipinski definition) is 0. The van der Waals surface area contributed by atoms with Crippen LogP contribution in [0.25, 0.3) is 0 Å². The normalized spacial score (nSPS) is 26.4. The maximum Gasteiger partial charge on any atom is 0.0227 e. The molecule has 2 aliphatic rings. The maximum atomic E-state index is 5.63. The predicted molar refractivity (Wildman–Crippen MR) is 30.1 cm³/mol. The van der Waals surface area contributed by atoms with Gasteiger partial charge in [-0.1, -0.05) is 23.8 Å². The topological polar surface area (TPSA) is 0 Å². The minimum atomic E-state index is 0.687. The van der Waals surface area contributed by atoms with Crippen LogP contribution in [0.2, 0.25) is 0 Å². The highest BCUT2D eigenvalue weighted by Crippen LogP contribution is 2.45. The van der Waals surface area contributed by atoms with Gasteiger partial charge in [-0.3, -0.25) is 0 Å². The standard InChI is InChI=1S/C6H5Cl/c7-6-3-5(6)4-1-2-4/h1-2,4H,3H2. The molecule has 0 spiro atoms. The summed E-state index contributed by atoms with van der Waals surface area (Å²) in [7, 11) is 0. The van der Waals surface area contributed by atoms with Crippen molar-refractivity contribution in [2.75, 3.05) is 0 Å². The minimum Gasteiger partial charge on any atom is -0.0888 e. The van der Waals surface area contributed by atoms with Gasteiger partial charge in [-0.25, -0.2) is 0 Å². The number of rotatable bonds is 1. The Morgan fingerprint density at radius 1 is 1.57 bits per heavy atom. The molecule has 1 heteroatoms. The Morgan fingerprint density at radius 3 is 2.29 bits per heavy atom. The van der Waals surface area contributed by atoms with Crippen LogP contribution in [0.5, 0.6) is 0 Å². The third kappa shape index (κ3) is 0.503. The lowest BCUT2D eigenvalue weighted by Gasteiger charge is -1.74. The van der Waals surface area contributed by atoms with Crippen LogP contribution < -0.4 is 0 Å². The SMILES string of the molecule is ClC1=C(C2C=C2)C1. The van der Waals surface area contributed by atoms with Crippen molar-refractivity contribution in [2.45, 2.75) is 6.42 Å². The Bertz CT molecular complexity index is 159. The lowest BCUT2D eigenvalue weighted by atomic mass is 10.3. The summed E-state index contributed by atoms with van der Waals surface area (Å²) in [6, 6.07) is 0. The van der Waals surface area contributed by atoms with Crippen LogP contribution in [0.4, 0.5) is 0 Å². The monoisotopic (exact) mass is 112 g/mol. The van der Waals surface area contributed by atoms with Crippen molar-refractivity contribution in [3.05, 3.63) is 22.8 Å². The summed E-state index contributed by atoms with van der Waals surface area (Å²) in [6.07, 6.45) is 5.43. The van der Waals surface area contributed by atoms with Crippen molar-refractivity contribution in [1.29, 1.82) is 0 Å². The molecule has 0 aromatic carbocycles. The van der Waals surface area contributed by atoms with Crippen LogP contribution >= 0.6 is 11.6 Å². The summed E-state index contributed by atoms with van der Waals surface area (Å²) >= 11 is 5.63. The van der Waals surface area contributed by atoms with Crippen molar-refractivity contribution in [3.8, 4) is 0 Å². The molecule has 0 aliphatic heterocycles. The molecule has 0 aromatic rings. The molecular formula is C6H5Cl. The molecule has 2 aliphatic carbocycles. The second-order valence-corrected chi connectivity index (χ2v) is 2.47. The fraction of sp³-hybridized carbons (Fsp3) is 0.333. The molecular weight excluding hydrogens is 108 g/mol. The van der Waals surface area contributed by atoms with Gasteiger partial charge in [-0.15, -0.1) is 0 Å². The van der Waals surface area contributed by atoms with Gasteiger partial charge in [0, 0.05) is 17.4 Å². The molecule has 0 amide bonds. The summed E-state index contributed by atoms with van der Waals surface area (Å²) in [5.74, 6) is 0.687. The smallest absolute Gasteiger partial charge is 0.0227 e. The summed E-state index contributed by atoms with van der Waals surface area (Å²) in [5, 5.41) is 1.09. The van der Waals surface area contributed by atoms with E-state index in [1.165, 1.54) is 5.57 Å². The zero-order valence-corrected chi connectivity index (χ0v) is 4.57. The van der Waals surface area contributed by atoms with Gasteiger partial charge in [0.15, 0.2) is 0 Å². The second kappa shape index (κ2) is 0.948. The van der Waals surface area contributed by atoms with Crippen LogP contribution in [-0.4, -0.2) is 0 Å². The first-order chi connectivity index (χ1) is 3.38. The largest absolute Gasteiger partial charge is 0.0888 e. The van der Waals surface area contributed by atoms with E-state index >= 15 is 0 Å². The molecule has 0 radical (unpaired) electrons. The average Bonchev–Trinajstić information content (AvgIpc) is 2.23. The highest BCUT2D eigenvalue weighted by molar-refractivity contribution is 6.32. The zero-order chi connectivity index (χ0) is 4.85. The first kappa shape index (κ1) is 3.73. The van der Waals surface area contributed by atoms with E-state index in [4.69, 9.17) is 11.6 Å². The highest BCUT2D eigenvalue weighted by Gasteiger charge is 2.29. The Hall–Kier alpha value is -0.230.